The van der Waals surface area contributed by atoms with Crippen molar-refractivity contribution in [2.45, 2.75) is 32.6 Å². The molecular formula is C12H23NO. The Balaban J connectivity index is 1.82. The highest BCUT2D eigenvalue weighted by atomic mass is 16.5. The van der Waals surface area contributed by atoms with Gasteiger partial charge in [-0.15, -0.1) is 6.58 Å². The maximum atomic E-state index is 5.20. The average Bonchev–Trinajstić information content (AvgIpc) is 2.14. The second-order valence-electron chi connectivity index (χ2n) is 4.62. The molecule has 0 bridgehead atoms. The maximum Gasteiger partial charge on any atom is 0.0554 e. The lowest BCUT2D eigenvalue weighted by Crippen LogP contribution is -2.47. The average molecular weight is 197 g/mol. The first-order chi connectivity index (χ1) is 6.77. The van der Waals surface area contributed by atoms with E-state index in [0.717, 1.165) is 32.7 Å². The number of allylic oxidation sites excluding steroid dienone is 1. The summed E-state index contributed by atoms with van der Waals surface area (Å²) in [5.74, 6) is 0. The van der Waals surface area contributed by atoms with Gasteiger partial charge in [-0.1, -0.05) is 19.4 Å². The molecule has 14 heavy (non-hydrogen) atoms. The van der Waals surface area contributed by atoms with Gasteiger partial charge in [0.2, 0.25) is 0 Å². The normalized spacial score (nSPS) is 18.9. The molecule has 0 aliphatic carbocycles. The summed E-state index contributed by atoms with van der Waals surface area (Å²) in [5.41, 5.74) is 0.418. The first kappa shape index (κ1) is 11.7. The second kappa shape index (κ2) is 6.20. The van der Waals surface area contributed by atoms with E-state index in [4.69, 9.17) is 4.74 Å². The van der Waals surface area contributed by atoms with E-state index >= 15 is 0 Å². The lowest BCUT2D eigenvalue weighted by molar-refractivity contribution is -0.0989. The molecule has 0 aromatic carbocycles. The molecule has 0 spiro atoms. The molecule has 0 aromatic heterocycles. The Labute approximate surface area is 87.7 Å². The van der Waals surface area contributed by atoms with E-state index in [2.05, 4.69) is 18.8 Å². The van der Waals surface area contributed by atoms with Crippen molar-refractivity contribution in [3.05, 3.63) is 12.7 Å². The molecule has 1 saturated heterocycles. The van der Waals surface area contributed by atoms with Crippen LogP contribution in [0.4, 0.5) is 0 Å². The Bertz CT molecular complexity index is 164. The fraction of sp³-hybridized carbons (Fsp3) is 0.833. The van der Waals surface area contributed by atoms with Gasteiger partial charge < -0.3 is 10.1 Å². The number of ether oxygens (including phenoxy) is 1. The second-order valence-corrected chi connectivity index (χ2v) is 4.62. The monoisotopic (exact) mass is 197 g/mol. The minimum atomic E-state index is 0.418. The summed E-state index contributed by atoms with van der Waals surface area (Å²) in [6.07, 6.45) is 7.04. The molecule has 1 aliphatic rings. The number of rotatable bonds is 8. The minimum Gasteiger partial charge on any atom is -0.380 e. The molecule has 1 heterocycles. The standard InChI is InChI=1S/C12H23NO/c1-3-4-5-6-7-8-13-9-12(2)10-14-11-12/h3,13H,1,4-11H2,2H3. The van der Waals surface area contributed by atoms with Crippen LogP contribution in [-0.2, 0) is 4.74 Å². The Morgan fingerprint density at radius 3 is 2.71 bits per heavy atom. The molecule has 0 amide bonds. The van der Waals surface area contributed by atoms with Crippen LogP contribution in [0, 0.1) is 5.41 Å². The number of hydrogen-bond acceptors (Lipinski definition) is 2. The van der Waals surface area contributed by atoms with Crippen LogP contribution < -0.4 is 5.32 Å². The summed E-state index contributed by atoms with van der Waals surface area (Å²) in [6.45, 7) is 10.1. The highest BCUT2D eigenvalue weighted by Gasteiger charge is 2.32. The molecule has 2 heteroatoms. The highest BCUT2D eigenvalue weighted by molar-refractivity contribution is 4.82. The fourth-order valence-electron chi connectivity index (χ4n) is 1.66. The Hall–Kier alpha value is -0.340. The molecular weight excluding hydrogens is 174 g/mol. The lowest BCUT2D eigenvalue weighted by atomic mass is 9.89. The molecule has 0 atom stereocenters. The topological polar surface area (TPSA) is 21.3 Å². The van der Waals surface area contributed by atoms with Crippen molar-refractivity contribution in [2.75, 3.05) is 26.3 Å². The number of nitrogens with one attached hydrogen (secondary N) is 1. The van der Waals surface area contributed by atoms with Crippen LogP contribution in [0.1, 0.15) is 32.6 Å². The quantitative estimate of drug-likeness (QED) is 0.476. The van der Waals surface area contributed by atoms with Gasteiger partial charge in [0.25, 0.3) is 0 Å². The Kier molecular flexibility index (Phi) is 5.20. The zero-order valence-corrected chi connectivity index (χ0v) is 9.35. The lowest BCUT2D eigenvalue weighted by Gasteiger charge is -2.38. The number of unbranched alkanes of at least 4 members (excludes halogenated alkanes) is 3. The van der Waals surface area contributed by atoms with E-state index in [9.17, 15) is 0 Å². The first-order valence-electron chi connectivity index (χ1n) is 5.66. The number of hydrogen-bond donors (Lipinski definition) is 1. The van der Waals surface area contributed by atoms with E-state index in [1.807, 2.05) is 6.08 Å². The maximum absolute atomic E-state index is 5.20. The third kappa shape index (κ3) is 4.25. The Morgan fingerprint density at radius 1 is 1.36 bits per heavy atom. The summed E-state index contributed by atoms with van der Waals surface area (Å²) in [4.78, 5) is 0. The van der Waals surface area contributed by atoms with Gasteiger partial charge in [-0.2, -0.15) is 0 Å². The van der Waals surface area contributed by atoms with Crippen LogP contribution in [0.2, 0.25) is 0 Å². The minimum absolute atomic E-state index is 0.418. The predicted molar refractivity (Wildman–Crippen MR) is 60.5 cm³/mol. The highest BCUT2D eigenvalue weighted by Crippen LogP contribution is 2.24. The molecule has 0 aromatic rings. The van der Waals surface area contributed by atoms with Crippen molar-refractivity contribution >= 4 is 0 Å². The molecule has 1 aliphatic heterocycles. The predicted octanol–water partition coefficient (Wildman–Crippen LogP) is 2.36. The molecule has 0 saturated carbocycles. The van der Waals surface area contributed by atoms with Crippen molar-refractivity contribution in [2.24, 2.45) is 5.41 Å². The van der Waals surface area contributed by atoms with Gasteiger partial charge in [-0.3, -0.25) is 0 Å². The zero-order chi connectivity index (χ0) is 10.3. The van der Waals surface area contributed by atoms with Gasteiger partial charge in [0.1, 0.15) is 0 Å². The summed E-state index contributed by atoms with van der Waals surface area (Å²) < 4.78 is 5.20. The van der Waals surface area contributed by atoms with Crippen molar-refractivity contribution in [3.63, 3.8) is 0 Å². The van der Waals surface area contributed by atoms with Crippen molar-refractivity contribution in [1.29, 1.82) is 0 Å². The molecule has 82 valence electrons. The van der Waals surface area contributed by atoms with Crippen LogP contribution in [0.5, 0.6) is 0 Å². The summed E-state index contributed by atoms with van der Waals surface area (Å²) in [7, 11) is 0. The van der Waals surface area contributed by atoms with E-state index in [0.29, 0.717) is 5.41 Å². The van der Waals surface area contributed by atoms with E-state index in [1.54, 1.807) is 0 Å². The van der Waals surface area contributed by atoms with E-state index < -0.39 is 0 Å². The van der Waals surface area contributed by atoms with Gasteiger partial charge in [0, 0.05) is 12.0 Å². The molecule has 0 radical (unpaired) electrons. The summed E-state index contributed by atoms with van der Waals surface area (Å²) in [6, 6.07) is 0. The molecule has 0 unspecified atom stereocenters. The van der Waals surface area contributed by atoms with Crippen LogP contribution in [0.15, 0.2) is 12.7 Å². The molecule has 2 nitrogen and oxygen atoms in total. The van der Waals surface area contributed by atoms with Gasteiger partial charge in [-0.05, 0) is 25.8 Å². The van der Waals surface area contributed by atoms with Crippen LogP contribution in [-0.4, -0.2) is 26.3 Å². The van der Waals surface area contributed by atoms with Crippen molar-refractivity contribution < 1.29 is 4.74 Å². The molecule has 1 fully saturated rings. The summed E-state index contributed by atoms with van der Waals surface area (Å²) >= 11 is 0. The van der Waals surface area contributed by atoms with Gasteiger partial charge >= 0.3 is 0 Å². The third-order valence-corrected chi connectivity index (χ3v) is 2.71. The van der Waals surface area contributed by atoms with Crippen LogP contribution >= 0.6 is 0 Å². The summed E-state index contributed by atoms with van der Waals surface area (Å²) in [5, 5.41) is 3.50. The fourth-order valence-corrected chi connectivity index (χ4v) is 1.66. The third-order valence-electron chi connectivity index (χ3n) is 2.71. The van der Waals surface area contributed by atoms with Gasteiger partial charge in [-0.25, -0.2) is 0 Å². The first-order valence-corrected chi connectivity index (χ1v) is 5.66. The zero-order valence-electron chi connectivity index (χ0n) is 9.35. The SMILES string of the molecule is C=CCCCCCNCC1(C)COC1. The molecule has 1 rings (SSSR count). The van der Waals surface area contributed by atoms with Crippen LogP contribution in [0.25, 0.3) is 0 Å². The van der Waals surface area contributed by atoms with Gasteiger partial charge in [0.05, 0.1) is 13.2 Å². The van der Waals surface area contributed by atoms with Crippen molar-refractivity contribution in [1.82, 2.24) is 5.32 Å². The van der Waals surface area contributed by atoms with E-state index in [-0.39, 0.29) is 0 Å². The van der Waals surface area contributed by atoms with Crippen LogP contribution in [0.3, 0.4) is 0 Å². The van der Waals surface area contributed by atoms with Crippen molar-refractivity contribution in [3.8, 4) is 0 Å². The van der Waals surface area contributed by atoms with Gasteiger partial charge in [0.15, 0.2) is 0 Å². The molecule has 1 N–H and O–H groups in total. The largest absolute Gasteiger partial charge is 0.380 e. The smallest absolute Gasteiger partial charge is 0.0554 e. The Morgan fingerprint density at radius 2 is 2.14 bits per heavy atom. The van der Waals surface area contributed by atoms with E-state index in [1.165, 1.54) is 19.3 Å².